The molecule has 0 heterocycles. The number of rotatable bonds is 7. The van der Waals surface area contributed by atoms with E-state index in [0.29, 0.717) is 17.7 Å². The number of hydrogen-bond donors (Lipinski definition) is 1. The molecule has 21 heavy (non-hydrogen) atoms. The summed E-state index contributed by atoms with van der Waals surface area (Å²) >= 11 is 0. The summed E-state index contributed by atoms with van der Waals surface area (Å²) in [5, 5.41) is 8.71. The van der Waals surface area contributed by atoms with Crippen LogP contribution in [0.4, 0.5) is 0 Å². The Morgan fingerprint density at radius 2 is 2.10 bits per heavy atom. The summed E-state index contributed by atoms with van der Waals surface area (Å²) in [4.78, 5) is 22.1. The average Bonchev–Trinajstić information content (AvgIpc) is 2.45. The zero-order valence-corrected chi connectivity index (χ0v) is 12.5. The molecule has 0 aliphatic carbocycles. The van der Waals surface area contributed by atoms with Crippen LogP contribution in [0.1, 0.15) is 43.9 Å². The summed E-state index contributed by atoms with van der Waals surface area (Å²) in [6, 6.07) is 5.04. The number of carboxylic acid groups (broad SMARTS) is 1. The highest BCUT2D eigenvalue weighted by atomic mass is 16.5. The van der Waals surface area contributed by atoms with E-state index in [2.05, 4.69) is 0 Å². The summed E-state index contributed by atoms with van der Waals surface area (Å²) in [7, 11) is 1.56. The first-order valence-corrected chi connectivity index (χ1v) is 6.76. The first-order valence-electron chi connectivity index (χ1n) is 6.76. The van der Waals surface area contributed by atoms with Gasteiger partial charge in [0.15, 0.2) is 0 Å². The summed E-state index contributed by atoms with van der Waals surface area (Å²) in [5.74, 6) is -0.883. The molecule has 1 aromatic carbocycles. The molecular weight excluding hydrogens is 272 g/mol. The molecule has 0 aliphatic heterocycles. The third kappa shape index (κ3) is 5.39. The molecule has 0 bridgehead atoms. The van der Waals surface area contributed by atoms with Crippen LogP contribution in [0.15, 0.2) is 24.3 Å². The molecule has 1 N–H and O–H groups in total. The Kier molecular flexibility index (Phi) is 6.62. The lowest BCUT2D eigenvalue weighted by Crippen LogP contribution is -2.08. The quantitative estimate of drug-likeness (QED) is 0.474. The van der Waals surface area contributed by atoms with Gasteiger partial charge in [0.1, 0.15) is 5.75 Å². The van der Waals surface area contributed by atoms with Gasteiger partial charge < -0.3 is 14.6 Å². The monoisotopic (exact) mass is 292 g/mol. The molecule has 1 aromatic rings. The standard InChI is InChI=1S/C16H20O5/c1-4-5-16(19)21-13-8-6-12(7-9-15(17)18)14(10-13)11(2)20-3/h6-11H,4-5H2,1-3H3,(H,17,18)/b9-7+. The first kappa shape index (κ1) is 16.9. The van der Waals surface area contributed by atoms with Gasteiger partial charge in [-0.05, 0) is 42.7 Å². The number of aliphatic carboxylic acids is 1. The third-order valence-electron chi connectivity index (χ3n) is 2.94. The Labute approximate surface area is 124 Å². The van der Waals surface area contributed by atoms with Crippen molar-refractivity contribution in [1.82, 2.24) is 0 Å². The molecule has 1 atom stereocenters. The van der Waals surface area contributed by atoms with Gasteiger partial charge in [-0.3, -0.25) is 4.79 Å². The van der Waals surface area contributed by atoms with Crippen molar-refractivity contribution in [1.29, 1.82) is 0 Å². The van der Waals surface area contributed by atoms with E-state index >= 15 is 0 Å². The lowest BCUT2D eigenvalue weighted by atomic mass is 10.0. The third-order valence-corrected chi connectivity index (χ3v) is 2.94. The first-order chi connectivity index (χ1) is 9.97. The van der Waals surface area contributed by atoms with E-state index in [1.165, 1.54) is 6.08 Å². The highest BCUT2D eigenvalue weighted by Crippen LogP contribution is 2.27. The Morgan fingerprint density at radius 1 is 1.38 bits per heavy atom. The zero-order chi connectivity index (χ0) is 15.8. The Hall–Kier alpha value is -2.14. The summed E-state index contributed by atoms with van der Waals surface area (Å²) in [5.41, 5.74) is 1.47. The maximum Gasteiger partial charge on any atom is 0.328 e. The summed E-state index contributed by atoms with van der Waals surface area (Å²) in [6.07, 6.45) is 3.38. The van der Waals surface area contributed by atoms with E-state index in [1.54, 1.807) is 25.3 Å². The van der Waals surface area contributed by atoms with Gasteiger partial charge in [0.25, 0.3) is 0 Å². The van der Waals surface area contributed by atoms with Gasteiger partial charge in [-0.25, -0.2) is 4.79 Å². The lowest BCUT2D eigenvalue weighted by Gasteiger charge is -2.15. The van der Waals surface area contributed by atoms with Crippen molar-refractivity contribution in [3.05, 3.63) is 35.4 Å². The second-order valence-corrected chi connectivity index (χ2v) is 4.56. The van der Waals surface area contributed by atoms with Crippen LogP contribution in [-0.4, -0.2) is 24.2 Å². The number of esters is 1. The fraction of sp³-hybridized carbons (Fsp3) is 0.375. The minimum atomic E-state index is -1.02. The smallest absolute Gasteiger partial charge is 0.328 e. The van der Waals surface area contributed by atoms with Gasteiger partial charge in [-0.15, -0.1) is 0 Å². The fourth-order valence-electron chi connectivity index (χ4n) is 1.79. The van der Waals surface area contributed by atoms with E-state index in [0.717, 1.165) is 18.1 Å². The molecule has 0 fully saturated rings. The summed E-state index contributed by atoms with van der Waals surface area (Å²) in [6.45, 7) is 3.74. The van der Waals surface area contributed by atoms with Gasteiger partial charge in [0.05, 0.1) is 6.10 Å². The van der Waals surface area contributed by atoms with Crippen molar-refractivity contribution in [3.63, 3.8) is 0 Å². The predicted octanol–water partition coefficient (Wildman–Crippen LogP) is 3.20. The van der Waals surface area contributed by atoms with E-state index in [9.17, 15) is 9.59 Å². The number of benzene rings is 1. The van der Waals surface area contributed by atoms with Gasteiger partial charge in [-0.2, -0.15) is 0 Å². The minimum Gasteiger partial charge on any atom is -0.478 e. The molecule has 114 valence electrons. The van der Waals surface area contributed by atoms with Crippen LogP contribution in [0.3, 0.4) is 0 Å². The zero-order valence-electron chi connectivity index (χ0n) is 12.5. The largest absolute Gasteiger partial charge is 0.478 e. The van der Waals surface area contributed by atoms with Crippen LogP contribution < -0.4 is 4.74 Å². The van der Waals surface area contributed by atoms with Crippen molar-refractivity contribution in [3.8, 4) is 5.75 Å². The SMILES string of the molecule is CCCC(=O)Oc1ccc(/C=C/C(=O)O)c(C(C)OC)c1. The molecule has 1 unspecified atom stereocenters. The Morgan fingerprint density at radius 3 is 2.67 bits per heavy atom. The van der Waals surface area contributed by atoms with Crippen LogP contribution >= 0.6 is 0 Å². The molecule has 0 aromatic heterocycles. The molecule has 0 saturated heterocycles. The highest BCUT2D eigenvalue weighted by Gasteiger charge is 2.12. The average molecular weight is 292 g/mol. The van der Waals surface area contributed by atoms with Crippen molar-refractivity contribution >= 4 is 18.0 Å². The van der Waals surface area contributed by atoms with Crippen molar-refractivity contribution in [2.75, 3.05) is 7.11 Å². The molecule has 0 spiro atoms. The van der Waals surface area contributed by atoms with E-state index < -0.39 is 5.97 Å². The Bertz CT molecular complexity index is 533. The minimum absolute atomic E-state index is 0.247. The van der Waals surface area contributed by atoms with Gasteiger partial charge in [0.2, 0.25) is 0 Å². The molecule has 5 heteroatoms. The second kappa shape index (κ2) is 8.21. The van der Waals surface area contributed by atoms with E-state index in [1.807, 2.05) is 13.8 Å². The molecule has 5 nitrogen and oxygen atoms in total. The Balaban J connectivity index is 3.06. The maximum absolute atomic E-state index is 11.5. The lowest BCUT2D eigenvalue weighted by molar-refractivity contribution is -0.134. The van der Waals surface area contributed by atoms with Crippen molar-refractivity contribution < 1.29 is 24.2 Å². The van der Waals surface area contributed by atoms with Gasteiger partial charge in [0, 0.05) is 19.6 Å². The van der Waals surface area contributed by atoms with Crippen molar-refractivity contribution in [2.45, 2.75) is 32.8 Å². The van der Waals surface area contributed by atoms with Crippen LogP contribution in [0.5, 0.6) is 5.75 Å². The molecular formula is C16H20O5. The normalized spacial score (nSPS) is 12.3. The summed E-state index contributed by atoms with van der Waals surface area (Å²) < 4.78 is 10.5. The number of carbonyl (C=O) groups is 2. The fourth-order valence-corrected chi connectivity index (χ4v) is 1.79. The van der Waals surface area contributed by atoms with E-state index in [4.69, 9.17) is 14.6 Å². The maximum atomic E-state index is 11.5. The molecule has 0 radical (unpaired) electrons. The molecule has 0 amide bonds. The second-order valence-electron chi connectivity index (χ2n) is 4.56. The molecule has 0 aliphatic rings. The molecule has 1 rings (SSSR count). The van der Waals surface area contributed by atoms with E-state index in [-0.39, 0.29) is 12.1 Å². The van der Waals surface area contributed by atoms with Crippen LogP contribution in [0.2, 0.25) is 0 Å². The number of carbonyl (C=O) groups excluding carboxylic acids is 1. The molecule has 0 saturated carbocycles. The van der Waals surface area contributed by atoms with Gasteiger partial charge in [-0.1, -0.05) is 13.0 Å². The number of methoxy groups -OCH3 is 1. The number of carboxylic acids is 1. The number of hydrogen-bond acceptors (Lipinski definition) is 4. The van der Waals surface area contributed by atoms with Crippen LogP contribution in [0.25, 0.3) is 6.08 Å². The predicted molar refractivity (Wildman–Crippen MR) is 79.1 cm³/mol. The van der Waals surface area contributed by atoms with Crippen molar-refractivity contribution in [2.24, 2.45) is 0 Å². The van der Waals surface area contributed by atoms with Gasteiger partial charge >= 0.3 is 11.9 Å². The van der Waals surface area contributed by atoms with Crippen LogP contribution in [-0.2, 0) is 14.3 Å². The highest BCUT2D eigenvalue weighted by molar-refractivity contribution is 5.85. The van der Waals surface area contributed by atoms with Crippen LogP contribution in [0, 0.1) is 0 Å². The number of ether oxygens (including phenoxy) is 2. The topological polar surface area (TPSA) is 72.8 Å².